The third-order valence-corrected chi connectivity index (χ3v) is 6.42. The standard InChI is InChI=1S/C32H40N4O3/c1-8-14-36-20-24-17-27(12-13-29(24)34-30(36)35-31(37)39-32(5,6)7)38-26-11-9-10-25(18-26)33-19-28-22(3)15-21(2)16-23(28)4/h9-13,15-18,33H,8,14,19-20H2,1-7H3,(H,34,35,37). The molecule has 1 heterocycles. The molecule has 0 saturated heterocycles. The molecule has 0 unspecified atom stereocenters. The Hall–Kier alpha value is -4.00. The third-order valence-electron chi connectivity index (χ3n) is 6.42. The Morgan fingerprint density at radius 2 is 1.72 bits per heavy atom. The molecular weight excluding hydrogens is 488 g/mol. The van der Waals surface area contributed by atoms with Gasteiger partial charge in [0.15, 0.2) is 0 Å². The van der Waals surface area contributed by atoms with Crippen LogP contribution in [-0.2, 0) is 17.8 Å². The highest BCUT2D eigenvalue weighted by molar-refractivity contribution is 5.96. The van der Waals surface area contributed by atoms with E-state index >= 15 is 0 Å². The summed E-state index contributed by atoms with van der Waals surface area (Å²) in [5.74, 6) is 2.01. The number of hydrogen-bond donors (Lipinski definition) is 2. The number of fused-ring (bicyclic) bond motifs is 1. The number of nitrogens with one attached hydrogen (secondary N) is 2. The number of anilines is 1. The molecule has 3 aromatic carbocycles. The fourth-order valence-corrected chi connectivity index (χ4v) is 4.77. The Kier molecular flexibility index (Phi) is 8.48. The Morgan fingerprint density at radius 3 is 2.41 bits per heavy atom. The van der Waals surface area contributed by atoms with E-state index in [9.17, 15) is 4.79 Å². The lowest BCUT2D eigenvalue weighted by Crippen LogP contribution is -2.47. The number of ether oxygens (including phenoxy) is 2. The quantitative estimate of drug-likeness (QED) is 0.328. The lowest BCUT2D eigenvalue weighted by atomic mass is 10.00. The van der Waals surface area contributed by atoms with Gasteiger partial charge in [0.05, 0.1) is 5.69 Å². The van der Waals surface area contributed by atoms with E-state index < -0.39 is 11.7 Å². The molecule has 0 saturated carbocycles. The summed E-state index contributed by atoms with van der Waals surface area (Å²) in [6, 6.07) is 18.3. The number of amides is 1. The van der Waals surface area contributed by atoms with Crippen molar-refractivity contribution < 1.29 is 14.3 Å². The van der Waals surface area contributed by atoms with Gasteiger partial charge in [-0.1, -0.05) is 30.7 Å². The summed E-state index contributed by atoms with van der Waals surface area (Å²) in [6.45, 7) is 16.2. The first kappa shape index (κ1) is 28.0. The van der Waals surface area contributed by atoms with E-state index in [2.05, 4.69) is 61.4 Å². The van der Waals surface area contributed by atoms with E-state index in [-0.39, 0.29) is 0 Å². The molecule has 2 N–H and O–H groups in total. The normalized spacial score (nSPS) is 12.9. The number of benzene rings is 3. The van der Waals surface area contributed by atoms with Crippen LogP contribution in [0.3, 0.4) is 0 Å². The van der Waals surface area contributed by atoms with Crippen molar-refractivity contribution in [2.45, 2.75) is 73.6 Å². The van der Waals surface area contributed by atoms with E-state index in [1.54, 1.807) is 0 Å². The highest BCUT2D eigenvalue weighted by Gasteiger charge is 2.24. The van der Waals surface area contributed by atoms with Crippen molar-refractivity contribution >= 4 is 23.4 Å². The minimum Gasteiger partial charge on any atom is -0.457 e. The summed E-state index contributed by atoms with van der Waals surface area (Å²) >= 11 is 0. The zero-order chi connectivity index (χ0) is 28.2. The van der Waals surface area contributed by atoms with Crippen molar-refractivity contribution in [3.63, 3.8) is 0 Å². The molecule has 0 aromatic heterocycles. The van der Waals surface area contributed by atoms with Gasteiger partial charge >= 0.3 is 6.09 Å². The summed E-state index contributed by atoms with van der Waals surface area (Å²) in [4.78, 5) is 19.1. The van der Waals surface area contributed by atoms with Gasteiger partial charge in [0, 0.05) is 37.0 Å². The number of carbonyl (C=O) groups excluding carboxylic acids is 1. The molecule has 0 spiro atoms. The number of nitrogens with zero attached hydrogens (tertiary/aromatic N) is 2. The van der Waals surface area contributed by atoms with E-state index in [1.165, 1.54) is 22.3 Å². The number of guanidine groups is 1. The van der Waals surface area contributed by atoms with Crippen LogP contribution >= 0.6 is 0 Å². The van der Waals surface area contributed by atoms with Crippen LogP contribution in [0.1, 0.15) is 61.9 Å². The van der Waals surface area contributed by atoms with Gasteiger partial charge in [-0.3, -0.25) is 5.32 Å². The van der Waals surface area contributed by atoms with Crippen LogP contribution in [0.25, 0.3) is 0 Å². The maximum Gasteiger partial charge on any atom is 0.414 e. The molecule has 4 rings (SSSR count). The Bertz CT molecular complexity index is 1350. The summed E-state index contributed by atoms with van der Waals surface area (Å²) < 4.78 is 11.7. The number of carbonyl (C=O) groups is 1. The molecule has 7 heteroatoms. The van der Waals surface area contributed by atoms with Crippen LogP contribution < -0.4 is 15.4 Å². The van der Waals surface area contributed by atoms with Gasteiger partial charge in [0.1, 0.15) is 17.1 Å². The predicted octanol–water partition coefficient (Wildman–Crippen LogP) is 7.75. The average Bonchev–Trinajstić information content (AvgIpc) is 2.83. The molecule has 7 nitrogen and oxygen atoms in total. The molecule has 0 aliphatic carbocycles. The number of aliphatic imine (C=N–C) groups is 1. The molecule has 1 aliphatic heterocycles. The average molecular weight is 529 g/mol. The second-order valence-electron chi connectivity index (χ2n) is 11.1. The highest BCUT2D eigenvalue weighted by Crippen LogP contribution is 2.32. The minimum atomic E-state index is -0.579. The van der Waals surface area contributed by atoms with Gasteiger partial charge in [-0.2, -0.15) is 0 Å². The van der Waals surface area contributed by atoms with Crippen molar-refractivity contribution in [1.29, 1.82) is 0 Å². The van der Waals surface area contributed by atoms with Crippen LogP contribution in [0.5, 0.6) is 11.5 Å². The van der Waals surface area contributed by atoms with E-state index in [0.717, 1.165) is 47.9 Å². The number of hydrogen-bond acceptors (Lipinski definition) is 6. The van der Waals surface area contributed by atoms with Crippen LogP contribution in [-0.4, -0.2) is 29.1 Å². The first-order valence-electron chi connectivity index (χ1n) is 13.6. The monoisotopic (exact) mass is 528 g/mol. The van der Waals surface area contributed by atoms with Gasteiger partial charge < -0.3 is 19.7 Å². The molecule has 1 aliphatic rings. The summed E-state index contributed by atoms with van der Waals surface area (Å²) in [5, 5.41) is 6.36. The molecule has 0 bridgehead atoms. The molecule has 3 aromatic rings. The maximum atomic E-state index is 12.4. The molecule has 0 atom stereocenters. The van der Waals surface area contributed by atoms with Crippen molar-refractivity contribution in [3.05, 3.63) is 82.4 Å². The van der Waals surface area contributed by atoms with Crippen molar-refractivity contribution in [3.8, 4) is 11.5 Å². The van der Waals surface area contributed by atoms with Crippen LogP contribution in [0.4, 0.5) is 16.2 Å². The second kappa shape index (κ2) is 11.8. The fraction of sp³-hybridized carbons (Fsp3) is 0.375. The van der Waals surface area contributed by atoms with Gasteiger partial charge in [-0.25, -0.2) is 9.79 Å². The summed E-state index contributed by atoms with van der Waals surface area (Å²) in [5.41, 5.74) is 7.46. The Balaban J connectivity index is 1.47. The summed E-state index contributed by atoms with van der Waals surface area (Å²) in [7, 11) is 0. The lowest BCUT2D eigenvalue weighted by Gasteiger charge is -2.31. The Morgan fingerprint density at radius 1 is 1.00 bits per heavy atom. The Labute approximate surface area is 232 Å². The van der Waals surface area contributed by atoms with E-state index in [0.29, 0.717) is 12.5 Å². The van der Waals surface area contributed by atoms with E-state index in [1.807, 2.05) is 57.2 Å². The molecule has 39 heavy (non-hydrogen) atoms. The second-order valence-corrected chi connectivity index (χ2v) is 11.1. The minimum absolute atomic E-state index is 0.505. The van der Waals surface area contributed by atoms with E-state index in [4.69, 9.17) is 14.5 Å². The molecule has 0 fully saturated rings. The van der Waals surface area contributed by atoms with Crippen molar-refractivity contribution in [2.24, 2.45) is 4.99 Å². The lowest BCUT2D eigenvalue weighted by molar-refractivity contribution is 0.0555. The van der Waals surface area contributed by atoms with Gasteiger partial charge in [0.25, 0.3) is 0 Å². The first-order valence-corrected chi connectivity index (χ1v) is 13.6. The molecule has 0 radical (unpaired) electrons. The highest BCUT2D eigenvalue weighted by atomic mass is 16.6. The molecule has 1 amide bonds. The van der Waals surface area contributed by atoms with Crippen LogP contribution in [0.2, 0.25) is 0 Å². The van der Waals surface area contributed by atoms with Crippen LogP contribution in [0, 0.1) is 20.8 Å². The zero-order valence-corrected chi connectivity index (χ0v) is 24.1. The SMILES string of the molecule is CCCN1Cc2cc(Oc3cccc(NCc4c(C)cc(C)cc4C)c3)ccc2N=C1NC(=O)OC(C)(C)C. The fourth-order valence-electron chi connectivity index (χ4n) is 4.77. The first-order chi connectivity index (χ1) is 18.5. The van der Waals surface area contributed by atoms with Crippen LogP contribution in [0.15, 0.2) is 59.6 Å². The number of rotatable bonds is 7. The van der Waals surface area contributed by atoms with Crippen molar-refractivity contribution in [1.82, 2.24) is 10.2 Å². The van der Waals surface area contributed by atoms with Gasteiger partial charge in [0.2, 0.25) is 5.96 Å². The maximum absolute atomic E-state index is 12.4. The van der Waals surface area contributed by atoms with Crippen molar-refractivity contribution in [2.75, 3.05) is 11.9 Å². The predicted molar refractivity (Wildman–Crippen MR) is 158 cm³/mol. The topological polar surface area (TPSA) is 75.2 Å². The number of aryl methyl sites for hydroxylation is 3. The number of alkyl carbamates (subject to hydrolysis) is 1. The summed E-state index contributed by atoms with van der Waals surface area (Å²) in [6.07, 6.45) is 0.411. The smallest absolute Gasteiger partial charge is 0.414 e. The largest absolute Gasteiger partial charge is 0.457 e. The van der Waals surface area contributed by atoms with Gasteiger partial charge in [-0.15, -0.1) is 0 Å². The van der Waals surface area contributed by atoms with Gasteiger partial charge in [-0.05, 0) is 95.0 Å². The third kappa shape index (κ3) is 7.53. The molecule has 206 valence electrons. The molecular formula is C32H40N4O3. The zero-order valence-electron chi connectivity index (χ0n) is 24.1.